The van der Waals surface area contributed by atoms with Gasteiger partial charge in [-0.3, -0.25) is 4.99 Å². The quantitative estimate of drug-likeness (QED) is 0.587. The maximum absolute atomic E-state index is 5.38. The van der Waals surface area contributed by atoms with Gasteiger partial charge in [-0.05, 0) is 31.9 Å². The molecule has 0 aromatic carbocycles. The van der Waals surface area contributed by atoms with Crippen molar-refractivity contribution in [2.45, 2.75) is 31.4 Å². The molecule has 0 aromatic heterocycles. The summed E-state index contributed by atoms with van der Waals surface area (Å²) in [6, 6.07) is 0. The fraction of sp³-hybridized carbons (Fsp3) is 0.923. The van der Waals surface area contributed by atoms with Crippen molar-refractivity contribution >= 4 is 17.7 Å². The summed E-state index contributed by atoms with van der Waals surface area (Å²) in [6.07, 6.45) is 3.86. The normalized spacial score (nSPS) is 28.6. The maximum atomic E-state index is 5.38. The van der Waals surface area contributed by atoms with E-state index in [4.69, 9.17) is 4.74 Å². The van der Waals surface area contributed by atoms with Crippen LogP contribution >= 0.6 is 11.8 Å². The Labute approximate surface area is 114 Å². The lowest BCUT2D eigenvalue weighted by atomic mass is 10.1. The van der Waals surface area contributed by atoms with Crippen LogP contribution in [0.3, 0.4) is 0 Å². The summed E-state index contributed by atoms with van der Waals surface area (Å²) < 4.78 is 5.38. The maximum Gasteiger partial charge on any atom is 0.191 e. The largest absolute Gasteiger partial charge is 0.381 e. The zero-order chi connectivity index (χ0) is 12.6. The average molecular weight is 271 g/mol. The monoisotopic (exact) mass is 271 g/mol. The van der Waals surface area contributed by atoms with E-state index in [0.717, 1.165) is 50.5 Å². The highest BCUT2D eigenvalue weighted by Crippen LogP contribution is 2.25. The van der Waals surface area contributed by atoms with Gasteiger partial charge in [-0.1, -0.05) is 0 Å². The first kappa shape index (κ1) is 14.0. The van der Waals surface area contributed by atoms with Gasteiger partial charge in [-0.15, -0.1) is 0 Å². The second-order valence-electron chi connectivity index (χ2n) is 4.97. The van der Waals surface area contributed by atoms with Gasteiger partial charge in [-0.25, -0.2) is 0 Å². The number of guanidine groups is 1. The summed E-state index contributed by atoms with van der Waals surface area (Å²) in [6.45, 7) is 6.74. The van der Waals surface area contributed by atoms with Crippen LogP contribution in [0.4, 0.5) is 0 Å². The molecular formula is C13H25N3OS. The van der Waals surface area contributed by atoms with Crippen LogP contribution in [0.15, 0.2) is 4.99 Å². The van der Waals surface area contributed by atoms with E-state index in [1.165, 1.54) is 18.6 Å². The van der Waals surface area contributed by atoms with Crippen LogP contribution in [-0.2, 0) is 4.74 Å². The van der Waals surface area contributed by atoms with E-state index in [2.05, 4.69) is 34.3 Å². The third kappa shape index (κ3) is 4.69. The molecular weight excluding hydrogens is 246 g/mol. The minimum absolute atomic E-state index is 0.612. The van der Waals surface area contributed by atoms with E-state index in [1.54, 1.807) is 0 Å². The third-order valence-electron chi connectivity index (χ3n) is 3.40. The Hall–Kier alpha value is -0.420. The summed E-state index contributed by atoms with van der Waals surface area (Å²) in [5.41, 5.74) is 0. The first-order valence-electron chi connectivity index (χ1n) is 7.10. The SMILES string of the molecule is CCNC(=NCC1CCOC1)NCC1CCCS1. The van der Waals surface area contributed by atoms with Crippen molar-refractivity contribution < 1.29 is 4.74 Å². The Kier molecular flexibility index (Phi) is 6.14. The van der Waals surface area contributed by atoms with Crippen LogP contribution in [-0.4, -0.2) is 49.8 Å². The summed E-state index contributed by atoms with van der Waals surface area (Å²) in [5.74, 6) is 2.90. The summed E-state index contributed by atoms with van der Waals surface area (Å²) in [7, 11) is 0. The molecule has 2 rings (SSSR count). The van der Waals surface area contributed by atoms with Gasteiger partial charge in [0.25, 0.3) is 0 Å². The number of hydrogen-bond donors (Lipinski definition) is 2. The molecule has 2 heterocycles. The molecule has 104 valence electrons. The van der Waals surface area contributed by atoms with Crippen molar-refractivity contribution in [2.75, 3.05) is 38.6 Å². The van der Waals surface area contributed by atoms with Crippen LogP contribution in [0.5, 0.6) is 0 Å². The van der Waals surface area contributed by atoms with Crippen molar-refractivity contribution in [3.05, 3.63) is 0 Å². The summed E-state index contributed by atoms with van der Waals surface area (Å²) in [4.78, 5) is 4.66. The van der Waals surface area contributed by atoms with Gasteiger partial charge in [0, 0.05) is 37.4 Å². The van der Waals surface area contributed by atoms with Crippen LogP contribution in [0.1, 0.15) is 26.2 Å². The number of aliphatic imine (C=N–C) groups is 1. The second kappa shape index (κ2) is 7.89. The number of rotatable bonds is 5. The van der Waals surface area contributed by atoms with E-state index < -0.39 is 0 Å². The van der Waals surface area contributed by atoms with Crippen LogP contribution in [0, 0.1) is 5.92 Å². The van der Waals surface area contributed by atoms with E-state index >= 15 is 0 Å². The van der Waals surface area contributed by atoms with E-state index in [9.17, 15) is 0 Å². The molecule has 0 aromatic rings. The standard InChI is InChI=1S/C13H25N3OS/c1-2-14-13(15-8-11-5-6-17-10-11)16-9-12-4-3-7-18-12/h11-12H,2-10H2,1H3,(H2,14,15,16). The molecule has 2 aliphatic heterocycles. The topological polar surface area (TPSA) is 45.7 Å². The van der Waals surface area contributed by atoms with Crippen LogP contribution in [0.25, 0.3) is 0 Å². The van der Waals surface area contributed by atoms with Crippen molar-refractivity contribution in [1.82, 2.24) is 10.6 Å². The summed E-state index contributed by atoms with van der Waals surface area (Å²) in [5, 5.41) is 7.55. The van der Waals surface area contributed by atoms with Crippen molar-refractivity contribution in [3.8, 4) is 0 Å². The minimum Gasteiger partial charge on any atom is -0.381 e. The van der Waals surface area contributed by atoms with Crippen molar-refractivity contribution in [3.63, 3.8) is 0 Å². The second-order valence-corrected chi connectivity index (χ2v) is 6.37. The fourth-order valence-corrected chi connectivity index (χ4v) is 3.51. The Morgan fingerprint density at radius 3 is 3.00 bits per heavy atom. The first-order chi connectivity index (χ1) is 8.88. The van der Waals surface area contributed by atoms with Crippen molar-refractivity contribution in [2.24, 2.45) is 10.9 Å². The predicted molar refractivity (Wildman–Crippen MR) is 78.4 cm³/mol. The zero-order valence-corrected chi connectivity index (χ0v) is 12.1. The highest BCUT2D eigenvalue weighted by atomic mass is 32.2. The minimum atomic E-state index is 0.612. The van der Waals surface area contributed by atoms with Gasteiger partial charge in [0.05, 0.1) is 6.61 Å². The molecule has 2 fully saturated rings. The molecule has 2 N–H and O–H groups in total. The van der Waals surface area contributed by atoms with Crippen LogP contribution in [0.2, 0.25) is 0 Å². The molecule has 18 heavy (non-hydrogen) atoms. The van der Waals surface area contributed by atoms with E-state index in [1.807, 2.05) is 0 Å². The molecule has 4 nitrogen and oxygen atoms in total. The molecule has 0 bridgehead atoms. The molecule has 0 radical (unpaired) electrons. The molecule has 2 unspecified atom stereocenters. The number of nitrogens with one attached hydrogen (secondary N) is 2. The Morgan fingerprint density at radius 2 is 2.33 bits per heavy atom. The van der Waals surface area contributed by atoms with E-state index in [0.29, 0.717) is 5.92 Å². The number of hydrogen-bond acceptors (Lipinski definition) is 3. The molecule has 0 amide bonds. The van der Waals surface area contributed by atoms with Crippen LogP contribution < -0.4 is 10.6 Å². The van der Waals surface area contributed by atoms with Crippen molar-refractivity contribution in [1.29, 1.82) is 0 Å². The third-order valence-corrected chi connectivity index (χ3v) is 4.80. The lowest BCUT2D eigenvalue weighted by Gasteiger charge is -2.15. The van der Waals surface area contributed by atoms with Gasteiger partial charge in [-0.2, -0.15) is 11.8 Å². The average Bonchev–Trinajstić information content (AvgIpc) is 3.05. The lowest BCUT2D eigenvalue weighted by molar-refractivity contribution is 0.187. The van der Waals surface area contributed by atoms with Gasteiger partial charge >= 0.3 is 0 Å². The number of ether oxygens (including phenoxy) is 1. The zero-order valence-electron chi connectivity index (χ0n) is 11.3. The number of nitrogens with zero attached hydrogens (tertiary/aromatic N) is 1. The lowest BCUT2D eigenvalue weighted by Crippen LogP contribution is -2.40. The van der Waals surface area contributed by atoms with E-state index in [-0.39, 0.29) is 0 Å². The smallest absolute Gasteiger partial charge is 0.191 e. The molecule has 2 saturated heterocycles. The Balaban J connectivity index is 1.72. The van der Waals surface area contributed by atoms with Gasteiger partial charge in [0.2, 0.25) is 0 Å². The highest BCUT2D eigenvalue weighted by molar-refractivity contribution is 8.00. The Morgan fingerprint density at radius 1 is 1.39 bits per heavy atom. The molecule has 0 spiro atoms. The van der Waals surface area contributed by atoms with Gasteiger partial charge in [0.15, 0.2) is 5.96 Å². The highest BCUT2D eigenvalue weighted by Gasteiger charge is 2.17. The molecule has 2 atom stereocenters. The number of thioether (sulfide) groups is 1. The van der Waals surface area contributed by atoms with Gasteiger partial charge < -0.3 is 15.4 Å². The fourth-order valence-electron chi connectivity index (χ4n) is 2.31. The molecule has 5 heteroatoms. The molecule has 2 aliphatic rings. The van der Waals surface area contributed by atoms with Gasteiger partial charge in [0.1, 0.15) is 0 Å². The summed E-state index contributed by atoms with van der Waals surface area (Å²) >= 11 is 2.08. The molecule has 0 saturated carbocycles. The Bertz CT molecular complexity index is 261. The first-order valence-corrected chi connectivity index (χ1v) is 8.15. The predicted octanol–water partition coefficient (Wildman–Crippen LogP) is 1.47. The molecule has 0 aliphatic carbocycles.